The number of carbonyl (C=O) groups excluding carboxylic acids is 1. The molecule has 6 heteroatoms. The maximum atomic E-state index is 10.9. The van der Waals surface area contributed by atoms with Crippen LogP contribution in [-0.2, 0) is 14.4 Å². The third kappa shape index (κ3) is 17.6. The van der Waals surface area contributed by atoms with E-state index in [4.69, 9.17) is 16.7 Å². The predicted molar refractivity (Wildman–Crippen MR) is 73.5 cm³/mol. The van der Waals surface area contributed by atoms with E-state index in [1.54, 1.807) is 20.9 Å². The molecule has 0 radical (unpaired) electrons. The molecule has 0 heterocycles. The monoisotopic (exact) mass is 283 g/mol. The lowest BCUT2D eigenvalue weighted by Crippen LogP contribution is -2.29. The zero-order valence-corrected chi connectivity index (χ0v) is 13.1. The molecule has 0 unspecified atom stereocenters. The molecule has 18 heavy (non-hydrogen) atoms. The number of carbonyl (C=O) groups is 2. The van der Waals surface area contributed by atoms with Crippen LogP contribution in [0.15, 0.2) is 0 Å². The van der Waals surface area contributed by atoms with Gasteiger partial charge in [-0.1, -0.05) is 34.6 Å². The number of nitrogens with zero attached hydrogens (tertiary/aromatic N) is 1. The average Bonchev–Trinajstić information content (AvgIpc) is 2.28. The molecule has 0 aromatic carbocycles. The van der Waals surface area contributed by atoms with Gasteiger partial charge in [0.1, 0.15) is 0 Å². The van der Waals surface area contributed by atoms with Gasteiger partial charge in [-0.25, -0.2) is 5.06 Å². The summed E-state index contributed by atoms with van der Waals surface area (Å²) in [5.41, 5.74) is 0. The largest absolute Gasteiger partial charge is 0.481 e. The van der Waals surface area contributed by atoms with Crippen molar-refractivity contribution in [1.29, 1.82) is 0 Å². The molecular formula is C12H26ClNO4. The van der Waals surface area contributed by atoms with E-state index in [9.17, 15) is 9.59 Å². The van der Waals surface area contributed by atoms with Gasteiger partial charge in [0.15, 0.2) is 0 Å². The molecule has 0 saturated heterocycles. The van der Waals surface area contributed by atoms with Crippen molar-refractivity contribution < 1.29 is 19.5 Å². The Kier molecular flexibility index (Phi) is 17.7. The summed E-state index contributed by atoms with van der Waals surface area (Å²) in [7, 11) is 3.07. The first-order chi connectivity index (χ1) is 8.15. The molecule has 0 aromatic rings. The Bertz CT molecular complexity index is 220. The fourth-order valence-electron chi connectivity index (χ4n) is 0.454. The molecule has 0 atom stereocenters. The molecule has 0 saturated carbocycles. The van der Waals surface area contributed by atoms with Gasteiger partial charge in [0.25, 0.3) is 0 Å². The van der Waals surface area contributed by atoms with Crippen LogP contribution < -0.4 is 0 Å². The Morgan fingerprint density at radius 3 is 1.56 bits per heavy atom. The summed E-state index contributed by atoms with van der Waals surface area (Å²) in [6, 6.07) is 0. The predicted octanol–water partition coefficient (Wildman–Crippen LogP) is 2.63. The zero-order valence-electron chi connectivity index (χ0n) is 12.4. The van der Waals surface area contributed by atoms with Crippen molar-refractivity contribution in [2.24, 2.45) is 11.8 Å². The van der Waals surface area contributed by atoms with Crippen LogP contribution in [0.5, 0.6) is 0 Å². The topological polar surface area (TPSA) is 66.8 Å². The third-order valence-electron chi connectivity index (χ3n) is 1.57. The van der Waals surface area contributed by atoms with E-state index in [1.165, 1.54) is 12.2 Å². The Labute approximate surface area is 115 Å². The van der Waals surface area contributed by atoms with E-state index >= 15 is 0 Å². The number of hydroxylamine groups is 2. The van der Waals surface area contributed by atoms with Crippen molar-refractivity contribution >= 4 is 23.5 Å². The first kappa shape index (κ1) is 22.4. The highest BCUT2D eigenvalue weighted by molar-refractivity contribution is 6.17. The van der Waals surface area contributed by atoms with E-state index in [1.807, 2.05) is 20.8 Å². The first-order valence-electron chi connectivity index (χ1n) is 5.75. The number of amides is 1. The number of halogens is 1. The maximum absolute atomic E-state index is 10.9. The minimum atomic E-state index is -0.741. The first-order valence-corrected chi connectivity index (χ1v) is 6.29. The van der Waals surface area contributed by atoms with Gasteiger partial charge in [-0.3, -0.25) is 14.4 Å². The lowest BCUT2D eigenvalue weighted by Gasteiger charge is -2.15. The van der Waals surface area contributed by atoms with Crippen LogP contribution in [0.4, 0.5) is 0 Å². The van der Waals surface area contributed by atoms with Gasteiger partial charge in [-0.05, 0) is 0 Å². The van der Waals surface area contributed by atoms with E-state index in [2.05, 4.69) is 4.84 Å². The fourth-order valence-corrected chi connectivity index (χ4v) is 0.454. The van der Waals surface area contributed by atoms with Gasteiger partial charge >= 0.3 is 5.97 Å². The number of carboxylic acid groups (broad SMARTS) is 1. The molecule has 1 amide bonds. The van der Waals surface area contributed by atoms with Crippen LogP contribution in [-0.4, -0.2) is 42.1 Å². The molecule has 0 aliphatic rings. The normalized spacial score (nSPS) is 9.00. The number of carboxylic acids is 1. The van der Waals surface area contributed by atoms with Crippen LogP contribution in [0.25, 0.3) is 0 Å². The highest BCUT2D eigenvalue weighted by Gasteiger charge is 2.11. The van der Waals surface area contributed by atoms with E-state index in [-0.39, 0.29) is 17.7 Å². The maximum Gasteiger partial charge on any atom is 0.305 e. The molecule has 0 spiro atoms. The smallest absolute Gasteiger partial charge is 0.305 e. The molecule has 5 nitrogen and oxygen atoms in total. The highest BCUT2D eigenvalue weighted by Crippen LogP contribution is 1.97. The SMILES string of the molecule is CC(C)C(=O)O.CCCl.CON(C)C(=O)C(C)C. The van der Waals surface area contributed by atoms with Crippen LogP contribution in [0, 0.1) is 11.8 Å². The molecule has 0 fully saturated rings. The average molecular weight is 284 g/mol. The number of rotatable bonds is 3. The second kappa shape index (κ2) is 14.3. The molecule has 0 bridgehead atoms. The summed E-state index contributed by atoms with van der Waals surface area (Å²) in [5, 5.41) is 9.22. The van der Waals surface area contributed by atoms with Gasteiger partial charge in [-0.15, -0.1) is 11.6 Å². The minimum Gasteiger partial charge on any atom is -0.481 e. The van der Waals surface area contributed by atoms with E-state index < -0.39 is 5.97 Å². The summed E-state index contributed by atoms with van der Waals surface area (Å²) in [5.74, 6) is -0.243. The highest BCUT2D eigenvalue weighted by atomic mass is 35.5. The Morgan fingerprint density at radius 2 is 1.50 bits per heavy atom. The van der Waals surface area contributed by atoms with Crippen LogP contribution in [0.1, 0.15) is 34.6 Å². The van der Waals surface area contributed by atoms with Crippen molar-refractivity contribution in [3.8, 4) is 0 Å². The van der Waals surface area contributed by atoms with Crippen molar-refractivity contribution in [2.45, 2.75) is 34.6 Å². The molecule has 0 aromatic heterocycles. The summed E-state index contributed by atoms with van der Waals surface area (Å²) in [4.78, 5) is 25.2. The fraction of sp³-hybridized carbons (Fsp3) is 0.833. The summed E-state index contributed by atoms with van der Waals surface area (Å²) < 4.78 is 0. The van der Waals surface area contributed by atoms with Crippen molar-refractivity contribution in [3.63, 3.8) is 0 Å². The Balaban J connectivity index is -0.000000216. The quantitative estimate of drug-likeness (QED) is 0.639. The molecule has 0 aliphatic carbocycles. The number of alkyl halides is 1. The molecule has 0 aliphatic heterocycles. The second-order valence-corrected chi connectivity index (χ2v) is 4.47. The third-order valence-corrected chi connectivity index (χ3v) is 1.57. The molecular weight excluding hydrogens is 258 g/mol. The van der Waals surface area contributed by atoms with Crippen LogP contribution in [0.3, 0.4) is 0 Å². The molecule has 1 N–H and O–H groups in total. The second-order valence-electron chi connectivity index (χ2n) is 3.93. The molecule has 110 valence electrons. The van der Waals surface area contributed by atoms with Gasteiger partial charge in [0.05, 0.1) is 13.0 Å². The van der Waals surface area contributed by atoms with Crippen molar-refractivity contribution in [1.82, 2.24) is 5.06 Å². The zero-order chi connectivity index (χ0) is 15.3. The van der Waals surface area contributed by atoms with Gasteiger partial charge in [-0.2, -0.15) is 0 Å². The van der Waals surface area contributed by atoms with Crippen molar-refractivity contribution in [3.05, 3.63) is 0 Å². The summed E-state index contributed by atoms with van der Waals surface area (Å²) in [6.45, 7) is 8.84. The standard InChI is InChI=1S/C6H13NO2.C4H8O2.C2H5Cl/c1-5(2)6(8)7(3)9-4;1-3(2)4(5)6;1-2-3/h5H,1-4H3;3H,1-2H3,(H,5,6);2H2,1H3. The Morgan fingerprint density at radius 1 is 1.22 bits per heavy atom. The van der Waals surface area contributed by atoms with Crippen molar-refractivity contribution in [2.75, 3.05) is 20.0 Å². The Hall–Kier alpha value is -0.810. The van der Waals surface area contributed by atoms with Crippen LogP contribution >= 0.6 is 11.6 Å². The minimum absolute atomic E-state index is 0.00231. The number of hydrogen-bond donors (Lipinski definition) is 1. The van der Waals surface area contributed by atoms with Gasteiger partial charge in [0, 0.05) is 18.8 Å². The van der Waals surface area contributed by atoms with E-state index in [0.29, 0.717) is 0 Å². The number of hydrogen-bond acceptors (Lipinski definition) is 3. The lowest BCUT2D eigenvalue weighted by atomic mass is 10.2. The number of aliphatic carboxylic acids is 1. The lowest BCUT2D eigenvalue weighted by molar-refractivity contribution is -0.172. The van der Waals surface area contributed by atoms with E-state index in [0.717, 1.165) is 5.88 Å². The molecule has 0 rings (SSSR count). The van der Waals surface area contributed by atoms with Crippen LogP contribution in [0.2, 0.25) is 0 Å². The summed E-state index contributed by atoms with van der Waals surface area (Å²) in [6.07, 6.45) is 0. The van der Waals surface area contributed by atoms with Gasteiger partial charge in [0.2, 0.25) is 5.91 Å². The summed E-state index contributed by atoms with van der Waals surface area (Å²) >= 11 is 5.00. The van der Waals surface area contributed by atoms with Gasteiger partial charge < -0.3 is 5.11 Å².